The highest BCUT2D eigenvalue weighted by atomic mass is 16.5. The van der Waals surface area contributed by atoms with Crippen LogP contribution in [-0.2, 0) is 4.79 Å². The monoisotopic (exact) mass is 311 g/mol. The molecule has 1 N–H and O–H groups in total. The standard InChI is InChI=1S/C20H25NO2/c1-14(2)18-12-8-9-13-19(18)23-16(4)20(22)21-15(3)17-10-6-5-7-11-17/h5-16H,1-4H3,(H,21,22)/t15-,16?/m0/s1. The van der Waals surface area contributed by atoms with Crippen molar-refractivity contribution in [2.45, 2.75) is 45.8 Å². The van der Waals surface area contributed by atoms with Crippen molar-refractivity contribution >= 4 is 5.91 Å². The Kier molecular flexibility index (Phi) is 5.80. The summed E-state index contributed by atoms with van der Waals surface area (Å²) in [6.07, 6.45) is -0.541. The number of para-hydroxylation sites is 1. The Hall–Kier alpha value is -2.29. The first-order chi connectivity index (χ1) is 11.0. The lowest BCUT2D eigenvalue weighted by Gasteiger charge is -2.21. The summed E-state index contributed by atoms with van der Waals surface area (Å²) < 4.78 is 5.89. The molecule has 2 aromatic carbocycles. The maximum Gasteiger partial charge on any atom is 0.261 e. The summed E-state index contributed by atoms with van der Waals surface area (Å²) in [6.45, 7) is 7.99. The van der Waals surface area contributed by atoms with Gasteiger partial charge in [-0.1, -0.05) is 62.4 Å². The SMILES string of the molecule is CC(Oc1ccccc1C(C)C)C(=O)N[C@@H](C)c1ccccc1. The fourth-order valence-corrected chi connectivity index (χ4v) is 2.46. The van der Waals surface area contributed by atoms with E-state index in [2.05, 4.69) is 19.2 Å². The van der Waals surface area contributed by atoms with Crippen LogP contribution in [0.3, 0.4) is 0 Å². The van der Waals surface area contributed by atoms with Gasteiger partial charge in [0.15, 0.2) is 6.10 Å². The van der Waals surface area contributed by atoms with Gasteiger partial charge in [0.1, 0.15) is 5.75 Å². The van der Waals surface area contributed by atoms with Crippen molar-refractivity contribution in [1.82, 2.24) is 5.32 Å². The summed E-state index contributed by atoms with van der Waals surface area (Å²) in [5.74, 6) is 1.02. The van der Waals surface area contributed by atoms with E-state index in [4.69, 9.17) is 4.74 Å². The largest absolute Gasteiger partial charge is 0.481 e. The third kappa shape index (κ3) is 4.59. The molecule has 0 bridgehead atoms. The van der Waals surface area contributed by atoms with E-state index in [0.29, 0.717) is 5.92 Å². The number of carbonyl (C=O) groups excluding carboxylic acids is 1. The molecule has 2 aromatic rings. The molecular formula is C20H25NO2. The fraction of sp³-hybridized carbons (Fsp3) is 0.350. The highest BCUT2D eigenvalue weighted by Crippen LogP contribution is 2.26. The summed E-state index contributed by atoms with van der Waals surface area (Å²) in [5.41, 5.74) is 2.19. The smallest absolute Gasteiger partial charge is 0.261 e. The van der Waals surface area contributed by atoms with Crippen LogP contribution in [-0.4, -0.2) is 12.0 Å². The molecule has 23 heavy (non-hydrogen) atoms. The zero-order valence-electron chi connectivity index (χ0n) is 14.2. The third-order valence-corrected chi connectivity index (χ3v) is 3.87. The Labute approximate surface area is 138 Å². The number of carbonyl (C=O) groups is 1. The first-order valence-electron chi connectivity index (χ1n) is 8.10. The van der Waals surface area contributed by atoms with Gasteiger partial charge in [-0.05, 0) is 37.0 Å². The molecule has 1 unspecified atom stereocenters. The van der Waals surface area contributed by atoms with Crippen LogP contribution in [0.15, 0.2) is 54.6 Å². The lowest BCUT2D eigenvalue weighted by atomic mass is 10.0. The van der Waals surface area contributed by atoms with Crippen molar-refractivity contribution in [3.05, 3.63) is 65.7 Å². The summed E-state index contributed by atoms with van der Waals surface area (Å²) in [7, 11) is 0. The Morgan fingerprint density at radius 3 is 2.17 bits per heavy atom. The van der Waals surface area contributed by atoms with Crippen molar-refractivity contribution in [3.8, 4) is 5.75 Å². The quantitative estimate of drug-likeness (QED) is 0.855. The van der Waals surface area contributed by atoms with Crippen molar-refractivity contribution in [1.29, 1.82) is 0 Å². The molecule has 1 amide bonds. The molecule has 2 rings (SSSR count). The second kappa shape index (κ2) is 7.82. The van der Waals surface area contributed by atoms with Gasteiger partial charge in [-0.3, -0.25) is 4.79 Å². The number of hydrogen-bond acceptors (Lipinski definition) is 2. The molecule has 3 heteroatoms. The number of ether oxygens (including phenoxy) is 1. The van der Waals surface area contributed by atoms with E-state index < -0.39 is 6.10 Å². The van der Waals surface area contributed by atoms with Crippen molar-refractivity contribution in [2.24, 2.45) is 0 Å². The minimum absolute atomic E-state index is 0.0462. The molecule has 122 valence electrons. The average molecular weight is 311 g/mol. The summed E-state index contributed by atoms with van der Waals surface area (Å²) in [5, 5.41) is 3.00. The first-order valence-corrected chi connectivity index (χ1v) is 8.10. The number of rotatable bonds is 6. The minimum Gasteiger partial charge on any atom is -0.481 e. The number of nitrogens with one attached hydrogen (secondary N) is 1. The zero-order chi connectivity index (χ0) is 16.8. The number of amides is 1. The molecule has 0 aliphatic carbocycles. The van der Waals surface area contributed by atoms with Crippen LogP contribution < -0.4 is 10.1 Å². The van der Waals surface area contributed by atoms with E-state index in [0.717, 1.165) is 16.9 Å². The van der Waals surface area contributed by atoms with Gasteiger partial charge < -0.3 is 10.1 Å². The van der Waals surface area contributed by atoms with Gasteiger partial charge in [-0.25, -0.2) is 0 Å². The molecule has 0 aliphatic heterocycles. The van der Waals surface area contributed by atoms with Crippen molar-refractivity contribution in [3.63, 3.8) is 0 Å². The maximum absolute atomic E-state index is 12.4. The van der Waals surface area contributed by atoms with Crippen LogP contribution in [0.2, 0.25) is 0 Å². The molecule has 0 radical (unpaired) electrons. The lowest BCUT2D eigenvalue weighted by molar-refractivity contribution is -0.127. The number of hydrogen-bond donors (Lipinski definition) is 1. The normalized spacial score (nSPS) is 13.4. The van der Waals surface area contributed by atoms with Gasteiger partial charge in [0.25, 0.3) is 5.91 Å². The van der Waals surface area contributed by atoms with Crippen LogP contribution in [0, 0.1) is 0 Å². The maximum atomic E-state index is 12.4. The zero-order valence-corrected chi connectivity index (χ0v) is 14.2. The van der Waals surface area contributed by atoms with E-state index in [-0.39, 0.29) is 11.9 Å². The van der Waals surface area contributed by atoms with Gasteiger partial charge in [0.05, 0.1) is 6.04 Å². The Bertz CT molecular complexity index is 637. The highest BCUT2D eigenvalue weighted by Gasteiger charge is 2.19. The van der Waals surface area contributed by atoms with Crippen molar-refractivity contribution < 1.29 is 9.53 Å². The minimum atomic E-state index is -0.541. The molecule has 0 saturated heterocycles. The molecule has 0 fully saturated rings. The fourth-order valence-electron chi connectivity index (χ4n) is 2.46. The summed E-state index contributed by atoms with van der Waals surface area (Å²) in [4.78, 5) is 12.4. The average Bonchev–Trinajstić information content (AvgIpc) is 2.55. The van der Waals surface area contributed by atoms with E-state index in [1.807, 2.05) is 61.5 Å². The summed E-state index contributed by atoms with van der Waals surface area (Å²) in [6, 6.07) is 17.7. The predicted octanol–water partition coefficient (Wildman–Crippen LogP) is 4.45. The Morgan fingerprint density at radius 2 is 1.52 bits per heavy atom. The molecule has 0 aromatic heterocycles. The molecule has 3 nitrogen and oxygen atoms in total. The molecule has 0 spiro atoms. The molecule has 0 aliphatic rings. The molecule has 2 atom stereocenters. The van der Waals surface area contributed by atoms with Crippen molar-refractivity contribution in [2.75, 3.05) is 0 Å². The Morgan fingerprint density at radius 1 is 0.913 bits per heavy atom. The van der Waals surface area contributed by atoms with Crippen LogP contribution in [0.25, 0.3) is 0 Å². The van der Waals surface area contributed by atoms with Gasteiger partial charge in [0.2, 0.25) is 0 Å². The highest BCUT2D eigenvalue weighted by molar-refractivity contribution is 5.81. The van der Waals surface area contributed by atoms with Gasteiger partial charge >= 0.3 is 0 Å². The topological polar surface area (TPSA) is 38.3 Å². The van der Waals surface area contributed by atoms with E-state index >= 15 is 0 Å². The van der Waals surface area contributed by atoms with E-state index in [1.54, 1.807) is 6.92 Å². The lowest BCUT2D eigenvalue weighted by Crippen LogP contribution is -2.37. The molecule has 0 saturated carbocycles. The van der Waals surface area contributed by atoms with Gasteiger partial charge in [-0.15, -0.1) is 0 Å². The third-order valence-electron chi connectivity index (χ3n) is 3.87. The van der Waals surface area contributed by atoms with Gasteiger partial charge in [-0.2, -0.15) is 0 Å². The second-order valence-corrected chi connectivity index (χ2v) is 6.09. The van der Waals surface area contributed by atoms with Crippen LogP contribution in [0.5, 0.6) is 5.75 Å². The van der Waals surface area contributed by atoms with E-state index in [1.165, 1.54) is 0 Å². The second-order valence-electron chi connectivity index (χ2n) is 6.09. The number of benzene rings is 2. The first kappa shape index (κ1) is 17.1. The predicted molar refractivity (Wildman–Crippen MR) is 93.6 cm³/mol. The van der Waals surface area contributed by atoms with Crippen LogP contribution in [0.1, 0.15) is 50.8 Å². The Balaban J connectivity index is 2.01. The molecular weight excluding hydrogens is 286 g/mol. The van der Waals surface area contributed by atoms with Gasteiger partial charge in [0, 0.05) is 0 Å². The van der Waals surface area contributed by atoms with E-state index in [9.17, 15) is 4.79 Å². The van der Waals surface area contributed by atoms with Crippen LogP contribution in [0.4, 0.5) is 0 Å². The summed E-state index contributed by atoms with van der Waals surface area (Å²) >= 11 is 0. The van der Waals surface area contributed by atoms with Crippen LogP contribution >= 0.6 is 0 Å². The molecule has 0 heterocycles.